The zero-order valence-electron chi connectivity index (χ0n) is 20.2. The quantitative estimate of drug-likeness (QED) is 0.381. The maximum Gasteiger partial charge on any atom is 0.348 e. The minimum Gasteiger partial charge on any atom is -0.478 e. The number of carbonyl (C=O) groups is 1. The maximum atomic E-state index is 13.9. The first-order valence-electron chi connectivity index (χ1n) is 12.2. The number of rotatable bonds is 10. The highest BCUT2D eigenvalue weighted by Gasteiger charge is 2.50. The standard InChI is InChI=1S/C28H30F2N2O4/c1-19-15-17-31-27(32-19)36-25(26(33)34)28(21-7-11-23(29)12-8-21,22-9-13-24(30)14-10-22)35-18-16-20-5-3-2-4-6-20/h7-15,17,20,25H,2-6,16,18H2,1H3,(H,33,34)/t25-/m1/s1. The summed E-state index contributed by atoms with van der Waals surface area (Å²) in [5.41, 5.74) is -0.412. The lowest BCUT2D eigenvalue weighted by molar-refractivity contribution is -0.164. The molecule has 8 heteroatoms. The summed E-state index contributed by atoms with van der Waals surface area (Å²) >= 11 is 0. The molecule has 36 heavy (non-hydrogen) atoms. The molecular weight excluding hydrogens is 466 g/mol. The van der Waals surface area contributed by atoms with Crippen LogP contribution in [0.2, 0.25) is 0 Å². The van der Waals surface area contributed by atoms with E-state index >= 15 is 0 Å². The summed E-state index contributed by atoms with van der Waals surface area (Å²) in [6.45, 7) is 1.97. The molecule has 1 aliphatic rings. The van der Waals surface area contributed by atoms with Crippen molar-refractivity contribution in [3.8, 4) is 6.01 Å². The van der Waals surface area contributed by atoms with Gasteiger partial charge >= 0.3 is 12.0 Å². The molecule has 1 heterocycles. The highest BCUT2D eigenvalue weighted by Crippen LogP contribution is 2.40. The van der Waals surface area contributed by atoms with Gasteiger partial charge in [-0.15, -0.1) is 0 Å². The van der Waals surface area contributed by atoms with Crippen molar-refractivity contribution in [3.63, 3.8) is 0 Å². The van der Waals surface area contributed by atoms with Gasteiger partial charge in [-0.3, -0.25) is 0 Å². The van der Waals surface area contributed by atoms with Crippen LogP contribution in [0.4, 0.5) is 8.78 Å². The Morgan fingerprint density at radius 3 is 2.11 bits per heavy atom. The number of halogens is 2. The van der Waals surface area contributed by atoms with Crippen LogP contribution in [0.25, 0.3) is 0 Å². The van der Waals surface area contributed by atoms with Crippen molar-refractivity contribution < 1.29 is 28.2 Å². The van der Waals surface area contributed by atoms with E-state index in [0.717, 1.165) is 32.1 Å². The molecule has 0 aliphatic heterocycles. The normalized spacial score (nSPS) is 15.4. The van der Waals surface area contributed by atoms with Crippen LogP contribution in [0.3, 0.4) is 0 Å². The summed E-state index contributed by atoms with van der Waals surface area (Å²) in [7, 11) is 0. The third-order valence-corrected chi connectivity index (χ3v) is 6.72. The average Bonchev–Trinajstić information content (AvgIpc) is 2.87. The number of aliphatic carboxylic acids is 1. The van der Waals surface area contributed by atoms with E-state index in [1.807, 2.05) is 0 Å². The Balaban J connectivity index is 1.81. The van der Waals surface area contributed by atoms with Crippen LogP contribution in [0.15, 0.2) is 60.8 Å². The molecule has 0 bridgehead atoms. The molecule has 190 valence electrons. The fourth-order valence-electron chi connectivity index (χ4n) is 4.86. The van der Waals surface area contributed by atoms with Gasteiger partial charge < -0.3 is 14.6 Å². The Morgan fingerprint density at radius 1 is 1.00 bits per heavy atom. The Bertz CT molecular complexity index is 1100. The largest absolute Gasteiger partial charge is 0.478 e. The molecule has 1 aromatic heterocycles. The van der Waals surface area contributed by atoms with E-state index in [0.29, 0.717) is 22.7 Å². The van der Waals surface area contributed by atoms with Crippen molar-refractivity contribution in [1.29, 1.82) is 0 Å². The minimum atomic E-state index is -1.73. The lowest BCUT2D eigenvalue weighted by Crippen LogP contribution is -2.51. The molecule has 0 unspecified atom stereocenters. The summed E-state index contributed by atoms with van der Waals surface area (Å²) < 4.78 is 40.2. The second kappa shape index (κ2) is 11.6. The van der Waals surface area contributed by atoms with E-state index in [-0.39, 0.29) is 12.6 Å². The van der Waals surface area contributed by atoms with E-state index in [1.54, 1.807) is 13.0 Å². The summed E-state index contributed by atoms with van der Waals surface area (Å²) in [6, 6.07) is 12.3. The zero-order valence-corrected chi connectivity index (χ0v) is 20.2. The average molecular weight is 497 g/mol. The number of aromatic nitrogens is 2. The van der Waals surface area contributed by atoms with Gasteiger partial charge in [0, 0.05) is 18.5 Å². The van der Waals surface area contributed by atoms with Crippen molar-refractivity contribution in [1.82, 2.24) is 9.97 Å². The lowest BCUT2D eigenvalue weighted by atomic mass is 9.80. The van der Waals surface area contributed by atoms with E-state index in [4.69, 9.17) is 9.47 Å². The molecule has 1 fully saturated rings. The molecule has 0 amide bonds. The van der Waals surface area contributed by atoms with Crippen molar-refractivity contribution in [3.05, 3.63) is 89.2 Å². The van der Waals surface area contributed by atoms with Crippen LogP contribution in [-0.2, 0) is 15.1 Å². The number of nitrogens with zero attached hydrogens (tertiary/aromatic N) is 2. The smallest absolute Gasteiger partial charge is 0.348 e. The topological polar surface area (TPSA) is 81.5 Å². The SMILES string of the molecule is Cc1ccnc(O[C@H](C(=O)O)C(OCCC2CCCCC2)(c2ccc(F)cc2)c2ccc(F)cc2)n1. The Kier molecular flexibility index (Phi) is 8.25. The number of carboxylic acids is 1. The number of ether oxygens (including phenoxy) is 2. The second-order valence-electron chi connectivity index (χ2n) is 9.21. The molecular formula is C28H30F2N2O4. The molecule has 1 aliphatic carbocycles. The van der Waals surface area contributed by atoms with E-state index < -0.39 is 29.3 Å². The number of aryl methyl sites for hydroxylation is 1. The molecule has 0 saturated heterocycles. The number of carboxylic acid groups (broad SMARTS) is 1. The summed E-state index contributed by atoms with van der Waals surface area (Å²) in [5, 5.41) is 10.4. The molecule has 1 saturated carbocycles. The van der Waals surface area contributed by atoms with Gasteiger partial charge in [-0.25, -0.2) is 23.5 Å². The first-order valence-corrected chi connectivity index (χ1v) is 12.2. The van der Waals surface area contributed by atoms with Crippen molar-refractivity contribution >= 4 is 5.97 Å². The summed E-state index contributed by atoms with van der Waals surface area (Å²) in [5.74, 6) is -1.82. The highest BCUT2D eigenvalue weighted by atomic mass is 19.1. The van der Waals surface area contributed by atoms with Crippen molar-refractivity contribution in [2.45, 2.75) is 57.2 Å². The summed E-state index contributed by atoms with van der Waals surface area (Å²) in [4.78, 5) is 21.1. The fourth-order valence-corrected chi connectivity index (χ4v) is 4.86. The summed E-state index contributed by atoms with van der Waals surface area (Å²) in [6.07, 6.45) is 6.29. The number of hydrogen-bond acceptors (Lipinski definition) is 5. The lowest BCUT2D eigenvalue weighted by Gasteiger charge is -2.39. The van der Waals surface area contributed by atoms with Gasteiger partial charge in [0.25, 0.3) is 0 Å². The molecule has 3 aromatic rings. The van der Waals surface area contributed by atoms with Gasteiger partial charge in [-0.1, -0.05) is 56.4 Å². The van der Waals surface area contributed by atoms with E-state index in [1.165, 1.54) is 61.1 Å². The Morgan fingerprint density at radius 2 is 1.58 bits per heavy atom. The van der Waals surface area contributed by atoms with Crippen molar-refractivity contribution in [2.75, 3.05) is 6.61 Å². The highest BCUT2D eigenvalue weighted by molar-refractivity contribution is 5.76. The van der Waals surface area contributed by atoms with Gasteiger partial charge in [-0.05, 0) is 60.7 Å². The minimum absolute atomic E-state index is 0.133. The van der Waals surface area contributed by atoms with Gasteiger partial charge in [0.05, 0.1) is 0 Å². The van der Waals surface area contributed by atoms with Gasteiger partial charge in [0.1, 0.15) is 11.6 Å². The molecule has 4 rings (SSSR count). The van der Waals surface area contributed by atoms with E-state index in [9.17, 15) is 18.7 Å². The first-order chi connectivity index (χ1) is 17.4. The monoisotopic (exact) mass is 496 g/mol. The predicted octanol–water partition coefficient (Wildman–Crippen LogP) is 5.83. The molecule has 0 spiro atoms. The van der Waals surface area contributed by atoms with Gasteiger partial charge in [-0.2, -0.15) is 0 Å². The fraction of sp³-hybridized carbons (Fsp3) is 0.393. The Labute approximate surface area is 209 Å². The number of hydrogen-bond donors (Lipinski definition) is 1. The molecule has 1 N–H and O–H groups in total. The molecule has 0 radical (unpaired) electrons. The predicted molar refractivity (Wildman–Crippen MR) is 130 cm³/mol. The van der Waals surface area contributed by atoms with Crippen LogP contribution < -0.4 is 4.74 Å². The molecule has 2 aromatic carbocycles. The van der Waals surface area contributed by atoms with Crippen LogP contribution in [-0.4, -0.2) is 33.8 Å². The third-order valence-electron chi connectivity index (χ3n) is 6.72. The Hall–Kier alpha value is -3.39. The third kappa shape index (κ3) is 5.87. The molecule has 6 nitrogen and oxygen atoms in total. The second-order valence-corrected chi connectivity index (χ2v) is 9.21. The van der Waals surface area contributed by atoms with Crippen LogP contribution in [0.1, 0.15) is 55.3 Å². The zero-order chi connectivity index (χ0) is 25.5. The number of benzene rings is 2. The molecule has 1 atom stereocenters. The van der Waals surface area contributed by atoms with Crippen LogP contribution >= 0.6 is 0 Å². The maximum absolute atomic E-state index is 13.9. The van der Waals surface area contributed by atoms with Gasteiger partial charge in [0.15, 0.2) is 5.60 Å². The van der Waals surface area contributed by atoms with Crippen LogP contribution in [0, 0.1) is 24.5 Å². The van der Waals surface area contributed by atoms with Crippen LogP contribution in [0.5, 0.6) is 6.01 Å². The van der Waals surface area contributed by atoms with E-state index in [2.05, 4.69) is 9.97 Å². The van der Waals surface area contributed by atoms with Crippen molar-refractivity contribution in [2.24, 2.45) is 5.92 Å². The first kappa shape index (κ1) is 25.7. The van der Waals surface area contributed by atoms with Gasteiger partial charge in [0.2, 0.25) is 6.10 Å².